The van der Waals surface area contributed by atoms with Gasteiger partial charge in [-0.25, -0.2) is 0 Å². The lowest BCUT2D eigenvalue weighted by molar-refractivity contribution is -0.0276. The number of nitrogens with two attached hydrogens (primary N) is 1. The number of nitrogens with zero attached hydrogens (tertiary/aromatic N) is 2. The first-order chi connectivity index (χ1) is 8.65. The van der Waals surface area contributed by atoms with Crippen LogP contribution in [0, 0.1) is 5.41 Å². The number of rotatable bonds is 4. The molecule has 2 saturated heterocycles. The van der Waals surface area contributed by atoms with E-state index >= 15 is 0 Å². The number of hydrogen-bond acceptors (Lipinski definition) is 4. The molecule has 4 nitrogen and oxygen atoms in total. The molecule has 2 aliphatic rings. The molecule has 0 aromatic carbocycles. The highest BCUT2D eigenvalue weighted by molar-refractivity contribution is 4.88. The Kier molecular flexibility index (Phi) is 5.01. The van der Waals surface area contributed by atoms with E-state index in [2.05, 4.69) is 23.9 Å². The van der Waals surface area contributed by atoms with E-state index in [1.165, 1.54) is 38.8 Å². The average molecular weight is 255 g/mol. The van der Waals surface area contributed by atoms with Gasteiger partial charge in [-0.1, -0.05) is 0 Å². The van der Waals surface area contributed by atoms with Crippen molar-refractivity contribution in [3.05, 3.63) is 0 Å². The van der Waals surface area contributed by atoms with Gasteiger partial charge in [-0.15, -0.1) is 0 Å². The monoisotopic (exact) mass is 255 g/mol. The van der Waals surface area contributed by atoms with Gasteiger partial charge in [0.1, 0.15) is 0 Å². The van der Waals surface area contributed by atoms with Crippen LogP contribution in [0.3, 0.4) is 0 Å². The van der Waals surface area contributed by atoms with Crippen molar-refractivity contribution < 1.29 is 4.74 Å². The molecule has 4 heteroatoms. The molecule has 0 aliphatic carbocycles. The Balaban J connectivity index is 1.86. The maximum Gasteiger partial charge on any atom is 0.0546 e. The van der Waals surface area contributed by atoms with Crippen LogP contribution in [0.2, 0.25) is 0 Å². The van der Waals surface area contributed by atoms with Gasteiger partial charge in [0.25, 0.3) is 0 Å². The second kappa shape index (κ2) is 6.33. The summed E-state index contributed by atoms with van der Waals surface area (Å²) in [6.07, 6.45) is 4.96. The Bertz CT molecular complexity index is 245. The van der Waals surface area contributed by atoms with Gasteiger partial charge in [0.15, 0.2) is 0 Å². The molecule has 2 N–H and O–H groups in total. The molecule has 0 aromatic rings. The van der Waals surface area contributed by atoms with Crippen molar-refractivity contribution >= 4 is 0 Å². The molecule has 106 valence electrons. The molecule has 0 bridgehead atoms. The number of likely N-dealkylation sites (tertiary alicyclic amines) is 1. The van der Waals surface area contributed by atoms with Crippen molar-refractivity contribution in [3.8, 4) is 0 Å². The molecule has 2 fully saturated rings. The summed E-state index contributed by atoms with van der Waals surface area (Å²) in [5, 5.41) is 0. The van der Waals surface area contributed by atoms with Crippen LogP contribution in [0.5, 0.6) is 0 Å². The SMILES string of the molecule is CN1CCC(N(C)CC2(CN)CCCOC2)CC1. The summed E-state index contributed by atoms with van der Waals surface area (Å²) in [4.78, 5) is 4.96. The number of hydrogen-bond donors (Lipinski definition) is 1. The summed E-state index contributed by atoms with van der Waals surface area (Å²) in [6.45, 7) is 6.06. The summed E-state index contributed by atoms with van der Waals surface area (Å²) < 4.78 is 5.67. The fourth-order valence-electron chi connectivity index (χ4n) is 3.35. The molecule has 0 radical (unpaired) electrons. The van der Waals surface area contributed by atoms with Crippen LogP contribution in [0.25, 0.3) is 0 Å². The normalized spacial score (nSPS) is 32.0. The molecule has 2 aliphatic heterocycles. The number of ether oxygens (including phenoxy) is 1. The van der Waals surface area contributed by atoms with E-state index in [-0.39, 0.29) is 5.41 Å². The second-order valence-corrected chi connectivity index (χ2v) is 6.31. The fourth-order valence-corrected chi connectivity index (χ4v) is 3.35. The minimum absolute atomic E-state index is 0.205. The first kappa shape index (κ1) is 14.3. The van der Waals surface area contributed by atoms with Gasteiger partial charge >= 0.3 is 0 Å². The predicted molar refractivity (Wildman–Crippen MR) is 74.7 cm³/mol. The Labute approximate surface area is 111 Å². The zero-order valence-corrected chi connectivity index (χ0v) is 12.0. The minimum Gasteiger partial charge on any atom is -0.381 e. The maximum absolute atomic E-state index is 6.02. The molecule has 2 rings (SSSR count). The van der Waals surface area contributed by atoms with E-state index in [1.807, 2.05) is 0 Å². The molecular weight excluding hydrogens is 226 g/mol. The Morgan fingerprint density at radius 2 is 2.11 bits per heavy atom. The van der Waals surface area contributed by atoms with E-state index in [0.717, 1.165) is 32.3 Å². The van der Waals surface area contributed by atoms with Gasteiger partial charge in [-0.3, -0.25) is 0 Å². The van der Waals surface area contributed by atoms with Crippen LogP contribution < -0.4 is 5.73 Å². The van der Waals surface area contributed by atoms with Gasteiger partial charge in [0.2, 0.25) is 0 Å². The largest absolute Gasteiger partial charge is 0.381 e. The molecule has 0 aromatic heterocycles. The zero-order valence-electron chi connectivity index (χ0n) is 12.0. The van der Waals surface area contributed by atoms with Crippen molar-refractivity contribution in [2.45, 2.75) is 31.7 Å². The molecular formula is C14H29N3O. The van der Waals surface area contributed by atoms with E-state index in [1.54, 1.807) is 0 Å². The lowest BCUT2D eigenvalue weighted by atomic mass is 9.81. The molecule has 1 unspecified atom stereocenters. The van der Waals surface area contributed by atoms with Crippen molar-refractivity contribution in [1.29, 1.82) is 0 Å². The maximum atomic E-state index is 6.02. The second-order valence-electron chi connectivity index (χ2n) is 6.31. The van der Waals surface area contributed by atoms with Crippen LogP contribution in [0.4, 0.5) is 0 Å². The molecule has 0 saturated carbocycles. The number of piperidine rings is 1. The molecule has 0 spiro atoms. The molecule has 2 heterocycles. The smallest absolute Gasteiger partial charge is 0.0546 e. The van der Waals surface area contributed by atoms with Crippen molar-refractivity contribution in [1.82, 2.24) is 9.80 Å². The summed E-state index contributed by atoms with van der Waals surface area (Å²) in [7, 11) is 4.48. The van der Waals surface area contributed by atoms with Crippen LogP contribution >= 0.6 is 0 Å². The van der Waals surface area contributed by atoms with Gasteiger partial charge in [0.05, 0.1) is 6.61 Å². The van der Waals surface area contributed by atoms with Gasteiger partial charge in [-0.2, -0.15) is 0 Å². The third-order valence-corrected chi connectivity index (χ3v) is 4.73. The summed E-state index contributed by atoms with van der Waals surface area (Å²) >= 11 is 0. The molecule has 18 heavy (non-hydrogen) atoms. The van der Waals surface area contributed by atoms with Gasteiger partial charge in [0, 0.05) is 31.2 Å². The highest BCUT2D eigenvalue weighted by Crippen LogP contribution is 2.29. The molecule has 0 amide bonds. The van der Waals surface area contributed by atoms with E-state index < -0.39 is 0 Å². The first-order valence-corrected chi connectivity index (χ1v) is 7.32. The van der Waals surface area contributed by atoms with Crippen LogP contribution in [-0.4, -0.2) is 69.3 Å². The van der Waals surface area contributed by atoms with E-state index in [9.17, 15) is 0 Å². The Morgan fingerprint density at radius 3 is 2.67 bits per heavy atom. The summed E-state index contributed by atoms with van der Waals surface area (Å²) in [5.74, 6) is 0. The Morgan fingerprint density at radius 1 is 1.39 bits per heavy atom. The van der Waals surface area contributed by atoms with E-state index in [0.29, 0.717) is 0 Å². The fraction of sp³-hybridized carbons (Fsp3) is 1.00. The third-order valence-electron chi connectivity index (χ3n) is 4.73. The highest BCUT2D eigenvalue weighted by atomic mass is 16.5. The minimum atomic E-state index is 0.205. The lowest BCUT2D eigenvalue weighted by Gasteiger charge is -2.43. The summed E-state index contributed by atoms with van der Waals surface area (Å²) in [5.41, 5.74) is 6.23. The third kappa shape index (κ3) is 3.44. The van der Waals surface area contributed by atoms with Crippen molar-refractivity contribution in [2.24, 2.45) is 11.1 Å². The highest BCUT2D eigenvalue weighted by Gasteiger charge is 2.34. The van der Waals surface area contributed by atoms with Gasteiger partial charge in [-0.05, 0) is 52.9 Å². The van der Waals surface area contributed by atoms with Crippen LogP contribution in [0.15, 0.2) is 0 Å². The quantitative estimate of drug-likeness (QED) is 0.805. The first-order valence-electron chi connectivity index (χ1n) is 7.32. The van der Waals surface area contributed by atoms with Gasteiger partial charge < -0.3 is 20.3 Å². The lowest BCUT2D eigenvalue weighted by Crippen LogP contribution is -2.51. The van der Waals surface area contributed by atoms with Crippen molar-refractivity contribution in [3.63, 3.8) is 0 Å². The van der Waals surface area contributed by atoms with E-state index in [4.69, 9.17) is 10.5 Å². The average Bonchev–Trinajstić information content (AvgIpc) is 2.40. The summed E-state index contributed by atoms with van der Waals surface area (Å²) in [6, 6.07) is 0.728. The zero-order chi connectivity index (χ0) is 13.0. The standard InChI is InChI=1S/C14H29N3O/c1-16-7-4-13(5-8-16)17(2)11-14(10-15)6-3-9-18-12-14/h13H,3-12,15H2,1-2H3. The predicted octanol–water partition coefficient (Wildman–Crippen LogP) is 0.768. The molecule has 1 atom stereocenters. The van der Waals surface area contributed by atoms with Crippen LogP contribution in [-0.2, 0) is 4.74 Å². The topological polar surface area (TPSA) is 41.7 Å². The van der Waals surface area contributed by atoms with Crippen LogP contribution in [0.1, 0.15) is 25.7 Å². The Hall–Kier alpha value is -0.160. The van der Waals surface area contributed by atoms with Crippen molar-refractivity contribution in [2.75, 3.05) is 53.5 Å².